The second-order valence-electron chi connectivity index (χ2n) is 5.98. The van der Waals surface area contributed by atoms with E-state index in [2.05, 4.69) is 5.32 Å². The number of benzene rings is 2. The van der Waals surface area contributed by atoms with Crippen molar-refractivity contribution in [3.63, 3.8) is 0 Å². The zero-order valence-corrected chi connectivity index (χ0v) is 15.5. The van der Waals surface area contributed by atoms with Crippen LogP contribution in [0.4, 0.5) is 5.69 Å². The van der Waals surface area contributed by atoms with Gasteiger partial charge >= 0.3 is 5.97 Å². The average Bonchev–Trinajstić information content (AvgIpc) is 2.69. The summed E-state index contributed by atoms with van der Waals surface area (Å²) < 4.78 is 5.02. The second kappa shape index (κ2) is 9.23. The molecule has 1 aliphatic heterocycles. The van der Waals surface area contributed by atoms with E-state index in [0.29, 0.717) is 18.7 Å². The summed E-state index contributed by atoms with van der Waals surface area (Å²) in [6.07, 6.45) is 0.706. The van der Waals surface area contributed by atoms with Gasteiger partial charge in [-0.2, -0.15) is 0 Å². The van der Waals surface area contributed by atoms with Gasteiger partial charge in [0, 0.05) is 11.4 Å². The number of nitrogens with zero attached hydrogens (tertiary/aromatic N) is 1. The molecule has 7 heteroatoms. The predicted octanol–water partition coefficient (Wildman–Crippen LogP) is 2.03. The lowest BCUT2D eigenvalue weighted by Crippen LogP contribution is -2.40. The third-order valence-electron chi connectivity index (χ3n) is 4.04. The molecule has 0 aromatic heterocycles. The van der Waals surface area contributed by atoms with Gasteiger partial charge in [-0.1, -0.05) is 42.5 Å². The molecule has 0 saturated carbocycles. The van der Waals surface area contributed by atoms with Gasteiger partial charge in [-0.05, 0) is 24.1 Å². The molecule has 2 aromatic carbocycles. The molecule has 1 aliphatic rings. The number of rotatable bonds is 7. The van der Waals surface area contributed by atoms with Crippen LogP contribution in [-0.4, -0.2) is 43.2 Å². The highest BCUT2D eigenvalue weighted by molar-refractivity contribution is 8.00. The Labute approximate surface area is 161 Å². The molecule has 0 fully saturated rings. The minimum Gasteiger partial charge on any atom is -0.454 e. The van der Waals surface area contributed by atoms with Crippen molar-refractivity contribution in [1.82, 2.24) is 5.32 Å². The number of carbonyl (C=O) groups excluding carboxylic acids is 3. The first-order valence-corrected chi connectivity index (χ1v) is 9.60. The Kier molecular flexibility index (Phi) is 6.49. The largest absolute Gasteiger partial charge is 0.454 e. The first kappa shape index (κ1) is 19.0. The first-order chi connectivity index (χ1) is 13.1. The number of hydrogen-bond acceptors (Lipinski definition) is 5. The Morgan fingerprint density at radius 1 is 1.07 bits per heavy atom. The second-order valence-corrected chi connectivity index (χ2v) is 7.00. The van der Waals surface area contributed by atoms with Gasteiger partial charge in [0.1, 0.15) is 6.54 Å². The molecule has 0 bridgehead atoms. The van der Waals surface area contributed by atoms with Crippen molar-refractivity contribution in [2.24, 2.45) is 0 Å². The van der Waals surface area contributed by atoms with Gasteiger partial charge < -0.3 is 10.1 Å². The van der Waals surface area contributed by atoms with Gasteiger partial charge in [0.25, 0.3) is 5.91 Å². The molecule has 0 saturated heterocycles. The summed E-state index contributed by atoms with van der Waals surface area (Å²) >= 11 is 1.45. The van der Waals surface area contributed by atoms with Gasteiger partial charge in [-0.25, -0.2) is 0 Å². The van der Waals surface area contributed by atoms with Crippen LogP contribution >= 0.6 is 11.8 Å². The normalized spacial score (nSPS) is 13.0. The Balaban J connectivity index is 1.43. The Hall–Kier alpha value is -2.80. The number of amides is 2. The number of esters is 1. The number of para-hydroxylation sites is 1. The van der Waals surface area contributed by atoms with Crippen molar-refractivity contribution in [2.45, 2.75) is 11.3 Å². The summed E-state index contributed by atoms with van der Waals surface area (Å²) in [5, 5.41) is 2.71. The van der Waals surface area contributed by atoms with Crippen molar-refractivity contribution in [1.29, 1.82) is 0 Å². The lowest BCUT2D eigenvalue weighted by molar-refractivity contribution is -0.147. The minimum absolute atomic E-state index is 0.150. The van der Waals surface area contributed by atoms with Gasteiger partial charge in [0.05, 0.1) is 11.4 Å². The van der Waals surface area contributed by atoms with E-state index in [1.807, 2.05) is 48.5 Å². The maximum Gasteiger partial charge on any atom is 0.326 e. The number of thioether (sulfide) groups is 1. The summed E-state index contributed by atoms with van der Waals surface area (Å²) in [4.78, 5) is 38.4. The molecule has 0 spiro atoms. The topological polar surface area (TPSA) is 75.7 Å². The molecular formula is C20H20N2O4S. The van der Waals surface area contributed by atoms with Crippen molar-refractivity contribution in [3.05, 3.63) is 60.2 Å². The van der Waals surface area contributed by atoms with E-state index >= 15 is 0 Å². The predicted molar refractivity (Wildman–Crippen MR) is 104 cm³/mol. The van der Waals surface area contributed by atoms with Crippen molar-refractivity contribution in [2.75, 3.05) is 30.3 Å². The molecule has 2 aromatic rings. The average molecular weight is 384 g/mol. The Morgan fingerprint density at radius 3 is 2.63 bits per heavy atom. The molecule has 0 unspecified atom stereocenters. The van der Waals surface area contributed by atoms with Gasteiger partial charge in [-0.15, -0.1) is 11.8 Å². The zero-order chi connectivity index (χ0) is 19.1. The summed E-state index contributed by atoms with van der Waals surface area (Å²) in [6, 6.07) is 17.2. The summed E-state index contributed by atoms with van der Waals surface area (Å²) in [5.74, 6) is -0.837. The SMILES string of the molecule is O=C(COC(=O)CN1C(=O)CSc2ccccc21)NCCc1ccccc1. The third-order valence-corrected chi connectivity index (χ3v) is 5.09. The molecule has 2 amide bonds. The van der Waals surface area contributed by atoms with Crippen LogP contribution in [0.5, 0.6) is 0 Å². The monoisotopic (exact) mass is 384 g/mol. The van der Waals surface area contributed by atoms with Crippen LogP contribution in [0, 0.1) is 0 Å². The van der Waals surface area contributed by atoms with Crippen LogP contribution < -0.4 is 10.2 Å². The quantitative estimate of drug-likeness (QED) is 0.740. The number of nitrogens with one attached hydrogen (secondary N) is 1. The highest BCUT2D eigenvalue weighted by atomic mass is 32.2. The van der Waals surface area contributed by atoms with E-state index in [0.717, 1.165) is 10.5 Å². The molecule has 27 heavy (non-hydrogen) atoms. The van der Waals surface area contributed by atoms with E-state index in [-0.39, 0.29) is 30.7 Å². The van der Waals surface area contributed by atoms with Crippen LogP contribution in [0.3, 0.4) is 0 Å². The minimum atomic E-state index is -0.608. The lowest BCUT2D eigenvalue weighted by Gasteiger charge is -2.27. The highest BCUT2D eigenvalue weighted by Gasteiger charge is 2.26. The summed E-state index contributed by atoms with van der Waals surface area (Å²) in [5.41, 5.74) is 1.82. The van der Waals surface area contributed by atoms with Gasteiger partial charge in [0.15, 0.2) is 6.61 Å². The van der Waals surface area contributed by atoms with Crippen molar-refractivity contribution < 1.29 is 19.1 Å². The standard InChI is InChI=1S/C20H20N2O4S/c23-18(21-11-10-15-6-2-1-3-7-15)13-26-20(25)12-22-16-8-4-5-9-17(16)27-14-19(22)24/h1-9H,10-14H2,(H,21,23). The van der Waals surface area contributed by atoms with E-state index < -0.39 is 5.97 Å². The number of carbonyl (C=O) groups is 3. The van der Waals surface area contributed by atoms with Gasteiger partial charge in [0.2, 0.25) is 5.91 Å². The molecule has 0 radical (unpaired) electrons. The summed E-state index contributed by atoms with van der Waals surface area (Å²) in [7, 11) is 0. The van der Waals surface area contributed by atoms with E-state index in [1.54, 1.807) is 6.07 Å². The smallest absolute Gasteiger partial charge is 0.326 e. The van der Waals surface area contributed by atoms with Gasteiger partial charge in [-0.3, -0.25) is 19.3 Å². The third kappa shape index (κ3) is 5.34. The maximum atomic E-state index is 12.1. The van der Waals surface area contributed by atoms with Crippen molar-refractivity contribution >= 4 is 35.2 Å². The van der Waals surface area contributed by atoms with Crippen LogP contribution in [0.15, 0.2) is 59.5 Å². The molecule has 3 rings (SSSR count). The maximum absolute atomic E-state index is 12.1. The molecule has 6 nitrogen and oxygen atoms in total. The number of anilines is 1. The fraction of sp³-hybridized carbons (Fsp3) is 0.250. The van der Waals surface area contributed by atoms with Crippen LogP contribution in [0.1, 0.15) is 5.56 Å². The number of ether oxygens (including phenoxy) is 1. The Morgan fingerprint density at radius 2 is 1.81 bits per heavy atom. The number of fused-ring (bicyclic) bond motifs is 1. The van der Waals surface area contributed by atoms with Crippen LogP contribution in [-0.2, 0) is 25.5 Å². The van der Waals surface area contributed by atoms with E-state index in [4.69, 9.17) is 4.74 Å². The fourth-order valence-electron chi connectivity index (χ4n) is 2.69. The van der Waals surface area contributed by atoms with E-state index in [1.165, 1.54) is 16.7 Å². The summed E-state index contributed by atoms with van der Waals surface area (Å²) in [6.45, 7) is -0.0879. The Bertz CT molecular complexity index is 826. The first-order valence-electron chi connectivity index (χ1n) is 8.62. The molecule has 140 valence electrons. The highest BCUT2D eigenvalue weighted by Crippen LogP contribution is 2.34. The van der Waals surface area contributed by atoms with E-state index in [9.17, 15) is 14.4 Å². The molecule has 1 heterocycles. The number of hydrogen-bond donors (Lipinski definition) is 1. The molecule has 1 N–H and O–H groups in total. The van der Waals surface area contributed by atoms with Crippen LogP contribution in [0.25, 0.3) is 0 Å². The molecule has 0 atom stereocenters. The van der Waals surface area contributed by atoms with Crippen molar-refractivity contribution in [3.8, 4) is 0 Å². The lowest BCUT2D eigenvalue weighted by atomic mass is 10.1. The molecular weight excluding hydrogens is 364 g/mol. The fourth-order valence-corrected chi connectivity index (χ4v) is 3.63. The van der Waals surface area contributed by atoms with Crippen LogP contribution in [0.2, 0.25) is 0 Å². The molecule has 0 aliphatic carbocycles. The zero-order valence-electron chi connectivity index (χ0n) is 14.7.